The highest BCUT2D eigenvalue weighted by atomic mass is 16.3. The van der Waals surface area contributed by atoms with Crippen LogP contribution in [0, 0.1) is 5.41 Å². The van der Waals surface area contributed by atoms with E-state index >= 15 is 0 Å². The molecule has 2 rings (SSSR count). The highest BCUT2D eigenvalue weighted by Crippen LogP contribution is 2.39. The largest absolute Gasteiger partial charge is 0.387 e. The van der Waals surface area contributed by atoms with Crippen LogP contribution in [0.25, 0.3) is 0 Å². The number of hydrogen-bond donors (Lipinski definition) is 1. The lowest BCUT2D eigenvalue weighted by molar-refractivity contribution is -0.133. The normalized spacial score (nSPS) is 30.9. The summed E-state index contributed by atoms with van der Waals surface area (Å²) < 4.78 is 0. The summed E-state index contributed by atoms with van der Waals surface area (Å²) in [5.41, 5.74) is 0.315. The molecule has 0 aliphatic carbocycles. The van der Waals surface area contributed by atoms with Gasteiger partial charge in [-0.15, -0.1) is 0 Å². The fourth-order valence-corrected chi connectivity index (χ4v) is 2.99. The molecule has 16 heavy (non-hydrogen) atoms. The number of likely N-dealkylation sites (tertiary alicyclic amines) is 2. The molecule has 2 aliphatic rings. The lowest BCUT2D eigenvalue weighted by Crippen LogP contribution is -2.36. The van der Waals surface area contributed by atoms with Gasteiger partial charge in [-0.3, -0.25) is 4.79 Å². The Kier molecular flexibility index (Phi) is 3.22. The molecule has 1 spiro atoms. The van der Waals surface area contributed by atoms with Crippen molar-refractivity contribution >= 4 is 5.91 Å². The summed E-state index contributed by atoms with van der Waals surface area (Å²) in [4.78, 5) is 15.7. The third-order valence-electron chi connectivity index (χ3n) is 4.12. The number of carbonyl (C=O) groups is 1. The van der Waals surface area contributed by atoms with Crippen LogP contribution in [-0.2, 0) is 4.79 Å². The van der Waals surface area contributed by atoms with E-state index in [1.165, 1.54) is 6.42 Å². The first-order valence-corrected chi connectivity index (χ1v) is 6.19. The van der Waals surface area contributed by atoms with Crippen molar-refractivity contribution in [2.45, 2.75) is 32.7 Å². The molecule has 2 aliphatic heterocycles. The maximum Gasteiger partial charge on any atom is 0.248 e. The number of aliphatic hydroxyl groups is 1. The number of aliphatic hydroxyl groups excluding tert-OH is 1. The van der Waals surface area contributed by atoms with Crippen molar-refractivity contribution in [3.05, 3.63) is 0 Å². The Bertz CT molecular complexity index is 280. The van der Waals surface area contributed by atoms with Crippen molar-refractivity contribution < 1.29 is 9.90 Å². The predicted molar refractivity (Wildman–Crippen MR) is 62.0 cm³/mol. The number of nitrogens with zero attached hydrogens (tertiary/aromatic N) is 2. The zero-order valence-electron chi connectivity index (χ0n) is 10.3. The Hall–Kier alpha value is -0.610. The van der Waals surface area contributed by atoms with Crippen LogP contribution in [0.4, 0.5) is 0 Å². The molecule has 1 N–H and O–H groups in total. The van der Waals surface area contributed by atoms with Crippen molar-refractivity contribution in [2.24, 2.45) is 5.41 Å². The van der Waals surface area contributed by atoms with Gasteiger partial charge in [-0.25, -0.2) is 0 Å². The first-order valence-electron chi connectivity index (χ1n) is 6.19. The maximum atomic E-state index is 11.4. The van der Waals surface area contributed by atoms with Gasteiger partial charge in [0, 0.05) is 31.1 Å². The molecule has 0 radical (unpaired) electrons. The minimum atomic E-state index is -0.343. The summed E-state index contributed by atoms with van der Waals surface area (Å²) >= 11 is 0. The van der Waals surface area contributed by atoms with Gasteiger partial charge >= 0.3 is 0 Å². The molecule has 1 unspecified atom stereocenters. The molecule has 0 aromatic carbocycles. The zero-order valence-corrected chi connectivity index (χ0v) is 10.3. The van der Waals surface area contributed by atoms with Crippen LogP contribution < -0.4 is 0 Å². The highest BCUT2D eigenvalue weighted by Gasteiger charge is 2.44. The first-order chi connectivity index (χ1) is 7.56. The minimum Gasteiger partial charge on any atom is -0.387 e. The Labute approximate surface area is 97.2 Å². The molecule has 2 fully saturated rings. The number of hydrogen-bond acceptors (Lipinski definition) is 3. The fourth-order valence-electron chi connectivity index (χ4n) is 2.99. The predicted octanol–water partition coefficient (Wildman–Crippen LogP) is 0.311. The molecule has 1 atom stereocenters. The maximum absolute atomic E-state index is 11.4. The Balaban J connectivity index is 1.95. The van der Waals surface area contributed by atoms with E-state index in [4.69, 9.17) is 5.11 Å². The van der Waals surface area contributed by atoms with Crippen molar-refractivity contribution in [2.75, 3.05) is 32.8 Å². The third-order valence-corrected chi connectivity index (χ3v) is 4.12. The number of amides is 1. The molecule has 1 amide bonds. The van der Waals surface area contributed by atoms with E-state index in [1.807, 2.05) is 4.90 Å². The SMILES string of the molecule is CC(C)N1CCC2(CCN(C(=O)CO)C2)C1. The van der Waals surface area contributed by atoms with E-state index in [0.29, 0.717) is 11.5 Å². The van der Waals surface area contributed by atoms with Crippen molar-refractivity contribution in [3.63, 3.8) is 0 Å². The summed E-state index contributed by atoms with van der Waals surface area (Å²) in [6.07, 6.45) is 2.29. The summed E-state index contributed by atoms with van der Waals surface area (Å²) in [7, 11) is 0. The Morgan fingerprint density at radius 3 is 2.56 bits per heavy atom. The first kappa shape index (κ1) is 11.9. The van der Waals surface area contributed by atoms with Gasteiger partial charge in [0.2, 0.25) is 5.91 Å². The highest BCUT2D eigenvalue weighted by molar-refractivity contribution is 5.77. The van der Waals surface area contributed by atoms with Crippen LogP contribution in [0.3, 0.4) is 0 Å². The molecule has 92 valence electrons. The van der Waals surface area contributed by atoms with Gasteiger partial charge in [0.05, 0.1) is 0 Å². The smallest absolute Gasteiger partial charge is 0.248 e. The topological polar surface area (TPSA) is 43.8 Å². The molecular weight excluding hydrogens is 204 g/mol. The summed E-state index contributed by atoms with van der Waals surface area (Å²) in [5, 5.41) is 8.87. The average molecular weight is 226 g/mol. The molecule has 4 heteroatoms. The van der Waals surface area contributed by atoms with Crippen LogP contribution in [0.1, 0.15) is 26.7 Å². The minimum absolute atomic E-state index is 0.111. The van der Waals surface area contributed by atoms with Crippen molar-refractivity contribution in [1.29, 1.82) is 0 Å². The Morgan fingerprint density at radius 1 is 1.31 bits per heavy atom. The van der Waals surface area contributed by atoms with Gasteiger partial charge in [-0.2, -0.15) is 0 Å². The van der Waals surface area contributed by atoms with Gasteiger partial charge in [-0.05, 0) is 33.2 Å². The summed E-state index contributed by atoms with van der Waals surface area (Å²) in [5.74, 6) is -0.111. The van der Waals surface area contributed by atoms with Crippen LogP contribution in [0.5, 0.6) is 0 Å². The molecule has 0 aromatic rings. The second kappa shape index (κ2) is 4.34. The van der Waals surface area contributed by atoms with Crippen LogP contribution in [-0.4, -0.2) is 59.6 Å². The van der Waals surface area contributed by atoms with Crippen LogP contribution in [0.15, 0.2) is 0 Å². The lowest BCUT2D eigenvalue weighted by atomic mass is 9.86. The van der Waals surface area contributed by atoms with E-state index in [9.17, 15) is 4.79 Å². The van der Waals surface area contributed by atoms with E-state index < -0.39 is 0 Å². The van der Waals surface area contributed by atoms with Crippen LogP contribution >= 0.6 is 0 Å². The van der Waals surface area contributed by atoms with E-state index in [0.717, 1.165) is 32.6 Å². The van der Waals surface area contributed by atoms with Crippen molar-refractivity contribution in [1.82, 2.24) is 9.80 Å². The lowest BCUT2D eigenvalue weighted by Gasteiger charge is -2.26. The number of rotatable bonds is 2. The second-order valence-electron chi connectivity index (χ2n) is 5.54. The number of carbonyl (C=O) groups excluding carboxylic acids is 1. The average Bonchev–Trinajstić information content (AvgIpc) is 2.86. The standard InChI is InChI=1S/C12H22N2O2/c1-10(2)13-5-3-12(8-13)4-6-14(9-12)11(16)7-15/h10,15H,3-9H2,1-2H3. The molecule has 0 bridgehead atoms. The van der Waals surface area contributed by atoms with Crippen molar-refractivity contribution in [3.8, 4) is 0 Å². The third kappa shape index (κ3) is 2.09. The van der Waals surface area contributed by atoms with Gasteiger partial charge in [0.15, 0.2) is 0 Å². The zero-order chi connectivity index (χ0) is 11.8. The summed E-state index contributed by atoms with van der Waals surface area (Å²) in [6.45, 7) is 8.04. The quantitative estimate of drug-likeness (QED) is 0.737. The second-order valence-corrected chi connectivity index (χ2v) is 5.54. The van der Waals surface area contributed by atoms with Gasteiger partial charge < -0.3 is 14.9 Å². The van der Waals surface area contributed by atoms with E-state index in [1.54, 1.807) is 0 Å². The monoisotopic (exact) mass is 226 g/mol. The molecular formula is C12H22N2O2. The molecule has 4 nitrogen and oxygen atoms in total. The molecule has 0 saturated carbocycles. The van der Waals surface area contributed by atoms with E-state index in [-0.39, 0.29) is 12.5 Å². The fraction of sp³-hybridized carbons (Fsp3) is 0.917. The van der Waals surface area contributed by atoms with Gasteiger partial charge in [0.1, 0.15) is 6.61 Å². The Morgan fingerprint density at radius 2 is 2.00 bits per heavy atom. The van der Waals surface area contributed by atoms with Crippen LogP contribution in [0.2, 0.25) is 0 Å². The van der Waals surface area contributed by atoms with Gasteiger partial charge in [-0.1, -0.05) is 0 Å². The van der Waals surface area contributed by atoms with Gasteiger partial charge in [0.25, 0.3) is 0 Å². The molecule has 2 saturated heterocycles. The molecule has 2 heterocycles. The molecule has 0 aromatic heterocycles. The van der Waals surface area contributed by atoms with E-state index in [2.05, 4.69) is 18.7 Å². The summed E-state index contributed by atoms with van der Waals surface area (Å²) in [6, 6.07) is 0.599.